The first kappa shape index (κ1) is 26.0. The van der Waals surface area contributed by atoms with E-state index in [1.807, 2.05) is 88.3 Å². The van der Waals surface area contributed by atoms with Crippen LogP contribution in [-0.4, -0.2) is 33.8 Å². The number of fused-ring (bicyclic) bond motifs is 2. The maximum atomic E-state index is 5.19. The number of nitrogens with zero attached hydrogens (tertiary/aromatic N) is 4. The van der Waals surface area contributed by atoms with Crippen molar-refractivity contribution in [2.45, 2.75) is 55.0 Å². The van der Waals surface area contributed by atoms with Crippen molar-refractivity contribution < 1.29 is 9.47 Å². The molecule has 0 N–H and O–H groups in total. The summed E-state index contributed by atoms with van der Waals surface area (Å²) in [6, 6.07) is 12.0. The van der Waals surface area contributed by atoms with Gasteiger partial charge in [0.1, 0.15) is 11.5 Å². The molecule has 2 aromatic carbocycles. The van der Waals surface area contributed by atoms with Crippen molar-refractivity contribution >= 4 is 21.8 Å². The monoisotopic (exact) mass is 426 g/mol. The van der Waals surface area contributed by atoms with Gasteiger partial charge >= 0.3 is 0 Å². The SMILES string of the molecule is CC.CC.CCn1nc(C)c2ccc(OC)cc21.COc1ccc2c(c1)c(C)nn2C. The standard InChI is InChI=1S/C11H14N2O.C10H12N2O.2C2H6/c1-4-13-11-7-9(14-3)5-6-10(11)8(2)12-13;1-7-9-6-8(13-3)4-5-10(9)12(2)11-7;2*1-2/h5-7H,4H2,1-3H3;4-6H,1-3H3;2*1-2H3. The lowest BCUT2D eigenvalue weighted by Gasteiger charge is -2.01. The average Bonchev–Trinajstić information content (AvgIpc) is 3.31. The molecule has 0 aliphatic rings. The van der Waals surface area contributed by atoms with E-state index in [9.17, 15) is 0 Å². The molecule has 0 unspecified atom stereocenters. The third-order valence-corrected chi connectivity index (χ3v) is 4.69. The van der Waals surface area contributed by atoms with Crippen LogP contribution in [0.15, 0.2) is 36.4 Å². The Balaban J connectivity index is 0.000000268. The number of methoxy groups -OCH3 is 2. The van der Waals surface area contributed by atoms with Gasteiger partial charge in [-0.05, 0) is 51.1 Å². The molecule has 6 heteroatoms. The number of ether oxygens (including phenoxy) is 2. The van der Waals surface area contributed by atoms with Crippen molar-refractivity contribution in [3.8, 4) is 11.5 Å². The van der Waals surface area contributed by atoms with E-state index in [0.717, 1.165) is 45.9 Å². The molecule has 0 radical (unpaired) electrons. The Bertz CT molecular complexity index is 1080. The summed E-state index contributed by atoms with van der Waals surface area (Å²) in [5.74, 6) is 1.76. The maximum absolute atomic E-state index is 5.19. The van der Waals surface area contributed by atoms with E-state index in [4.69, 9.17) is 9.47 Å². The number of hydrogen-bond acceptors (Lipinski definition) is 4. The van der Waals surface area contributed by atoms with Gasteiger partial charge in [0.05, 0.1) is 36.6 Å². The molecule has 0 saturated carbocycles. The normalized spacial score (nSPS) is 9.74. The predicted octanol–water partition coefficient (Wildman–Crippen LogP) is 6.32. The highest BCUT2D eigenvalue weighted by molar-refractivity contribution is 5.83. The fourth-order valence-corrected chi connectivity index (χ4v) is 3.23. The van der Waals surface area contributed by atoms with Crippen LogP contribution in [-0.2, 0) is 13.6 Å². The molecule has 0 bridgehead atoms. The second kappa shape index (κ2) is 12.6. The van der Waals surface area contributed by atoms with E-state index in [1.54, 1.807) is 14.2 Å². The van der Waals surface area contributed by atoms with Crippen molar-refractivity contribution in [2.24, 2.45) is 7.05 Å². The molecule has 0 fully saturated rings. The topological polar surface area (TPSA) is 54.1 Å². The molecular weight excluding hydrogens is 388 g/mol. The summed E-state index contributed by atoms with van der Waals surface area (Å²) in [5, 5.41) is 11.1. The van der Waals surface area contributed by atoms with Crippen LogP contribution >= 0.6 is 0 Å². The van der Waals surface area contributed by atoms with Gasteiger partial charge in [-0.15, -0.1) is 0 Å². The molecular formula is C25H38N4O2. The van der Waals surface area contributed by atoms with E-state index in [0.29, 0.717) is 0 Å². The second-order valence-electron chi connectivity index (χ2n) is 6.38. The Morgan fingerprint density at radius 1 is 0.742 bits per heavy atom. The van der Waals surface area contributed by atoms with Crippen molar-refractivity contribution in [1.29, 1.82) is 0 Å². The Kier molecular flexibility index (Phi) is 10.6. The van der Waals surface area contributed by atoms with Gasteiger partial charge < -0.3 is 9.47 Å². The third kappa shape index (κ3) is 6.00. The summed E-state index contributed by atoms with van der Waals surface area (Å²) >= 11 is 0. The van der Waals surface area contributed by atoms with Crippen molar-refractivity contribution in [3.63, 3.8) is 0 Å². The summed E-state index contributed by atoms with van der Waals surface area (Å²) in [5.41, 5.74) is 4.39. The first-order chi connectivity index (χ1) is 15.0. The minimum absolute atomic E-state index is 0.878. The zero-order valence-electron chi connectivity index (χ0n) is 20.8. The van der Waals surface area contributed by atoms with Gasteiger partial charge in [0.25, 0.3) is 0 Å². The van der Waals surface area contributed by atoms with Gasteiger partial charge in [-0.1, -0.05) is 27.7 Å². The number of aryl methyl sites for hydroxylation is 4. The van der Waals surface area contributed by atoms with Gasteiger partial charge in [-0.25, -0.2) is 0 Å². The van der Waals surface area contributed by atoms with Crippen LogP contribution in [0.5, 0.6) is 11.5 Å². The highest BCUT2D eigenvalue weighted by Crippen LogP contribution is 2.23. The highest BCUT2D eigenvalue weighted by Gasteiger charge is 2.06. The van der Waals surface area contributed by atoms with Crippen LogP contribution in [0.3, 0.4) is 0 Å². The summed E-state index contributed by atoms with van der Waals surface area (Å²) in [6.07, 6.45) is 0. The van der Waals surface area contributed by atoms with E-state index >= 15 is 0 Å². The maximum Gasteiger partial charge on any atom is 0.121 e. The van der Waals surface area contributed by atoms with Crippen LogP contribution in [0, 0.1) is 13.8 Å². The summed E-state index contributed by atoms with van der Waals surface area (Å²) in [6.45, 7) is 15.0. The summed E-state index contributed by atoms with van der Waals surface area (Å²) in [4.78, 5) is 0. The van der Waals surface area contributed by atoms with Gasteiger partial charge in [0.2, 0.25) is 0 Å². The number of benzene rings is 2. The van der Waals surface area contributed by atoms with Crippen LogP contribution in [0.25, 0.3) is 21.8 Å². The Hall–Kier alpha value is -3.02. The van der Waals surface area contributed by atoms with Crippen molar-refractivity contribution in [2.75, 3.05) is 14.2 Å². The molecule has 2 heterocycles. The largest absolute Gasteiger partial charge is 0.497 e. The third-order valence-electron chi connectivity index (χ3n) is 4.69. The fourth-order valence-electron chi connectivity index (χ4n) is 3.23. The Morgan fingerprint density at radius 3 is 1.87 bits per heavy atom. The lowest BCUT2D eigenvalue weighted by Crippen LogP contribution is -1.96. The van der Waals surface area contributed by atoms with E-state index in [2.05, 4.69) is 23.2 Å². The van der Waals surface area contributed by atoms with E-state index in [1.165, 1.54) is 5.39 Å². The molecule has 0 aliphatic carbocycles. The van der Waals surface area contributed by atoms with Gasteiger partial charge in [-0.2, -0.15) is 10.2 Å². The van der Waals surface area contributed by atoms with Crippen LogP contribution < -0.4 is 9.47 Å². The first-order valence-corrected chi connectivity index (χ1v) is 11.0. The van der Waals surface area contributed by atoms with E-state index in [-0.39, 0.29) is 0 Å². The Morgan fingerprint density at radius 2 is 1.29 bits per heavy atom. The number of hydrogen-bond donors (Lipinski definition) is 0. The minimum atomic E-state index is 0.878. The smallest absolute Gasteiger partial charge is 0.121 e. The molecule has 0 saturated heterocycles. The lowest BCUT2D eigenvalue weighted by atomic mass is 10.2. The molecule has 2 aromatic heterocycles. The fraction of sp³-hybridized carbons (Fsp3) is 0.440. The Labute approximate surface area is 186 Å². The molecule has 4 aromatic rings. The molecule has 170 valence electrons. The van der Waals surface area contributed by atoms with Gasteiger partial charge in [-0.3, -0.25) is 9.36 Å². The van der Waals surface area contributed by atoms with Gasteiger partial charge in [0, 0.05) is 30.4 Å². The van der Waals surface area contributed by atoms with Crippen LogP contribution in [0.2, 0.25) is 0 Å². The lowest BCUT2D eigenvalue weighted by molar-refractivity contribution is 0.415. The molecule has 0 amide bonds. The van der Waals surface area contributed by atoms with Crippen LogP contribution in [0.1, 0.15) is 46.0 Å². The number of rotatable bonds is 3. The molecule has 31 heavy (non-hydrogen) atoms. The van der Waals surface area contributed by atoms with Crippen LogP contribution in [0.4, 0.5) is 0 Å². The van der Waals surface area contributed by atoms with Crippen molar-refractivity contribution in [1.82, 2.24) is 19.6 Å². The quantitative estimate of drug-likeness (QED) is 0.385. The van der Waals surface area contributed by atoms with Crippen molar-refractivity contribution in [3.05, 3.63) is 47.8 Å². The molecule has 4 rings (SSSR count). The molecule has 0 aliphatic heterocycles. The highest BCUT2D eigenvalue weighted by atomic mass is 16.5. The predicted molar refractivity (Wildman–Crippen MR) is 131 cm³/mol. The first-order valence-electron chi connectivity index (χ1n) is 11.0. The molecule has 0 spiro atoms. The zero-order chi connectivity index (χ0) is 23.6. The van der Waals surface area contributed by atoms with E-state index < -0.39 is 0 Å². The summed E-state index contributed by atoms with van der Waals surface area (Å²) in [7, 11) is 5.30. The molecule has 6 nitrogen and oxygen atoms in total. The zero-order valence-corrected chi connectivity index (χ0v) is 20.8. The summed E-state index contributed by atoms with van der Waals surface area (Å²) < 4.78 is 14.2. The van der Waals surface area contributed by atoms with Gasteiger partial charge in [0.15, 0.2) is 0 Å². The second-order valence-corrected chi connectivity index (χ2v) is 6.38. The minimum Gasteiger partial charge on any atom is -0.497 e. The molecule has 0 atom stereocenters. The number of aromatic nitrogens is 4. The average molecular weight is 427 g/mol.